The summed E-state index contributed by atoms with van der Waals surface area (Å²) in [7, 11) is -4.09. The minimum absolute atomic E-state index is 0.0635. The topological polar surface area (TPSA) is 124 Å². The number of sulfonamides is 1. The summed E-state index contributed by atoms with van der Waals surface area (Å²) < 4.78 is 33.3. The van der Waals surface area contributed by atoms with Gasteiger partial charge in [0, 0.05) is 6.42 Å². The van der Waals surface area contributed by atoms with Crippen molar-refractivity contribution in [3.63, 3.8) is 0 Å². The highest BCUT2D eigenvalue weighted by Crippen LogP contribution is 2.27. The Bertz CT molecular complexity index is 1590. The third kappa shape index (κ3) is 5.52. The Hall–Kier alpha value is -3.83. The quantitative estimate of drug-likeness (QED) is 0.351. The van der Waals surface area contributed by atoms with Gasteiger partial charge in [0.1, 0.15) is 16.3 Å². The van der Waals surface area contributed by atoms with E-state index < -0.39 is 34.0 Å². The number of hydrogen-bond donors (Lipinski definition) is 1. The van der Waals surface area contributed by atoms with Crippen LogP contribution in [0.25, 0.3) is 10.2 Å². The van der Waals surface area contributed by atoms with Gasteiger partial charge >= 0.3 is 5.97 Å². The Labute approximate surface area is 211 Å². The minimum atomic E-state index is -4.09. The largest absolute Gasteiger partial charge is 0.461 e. The zero-order valence-electron chi connectivity index (χ0n) is 19.6. The van der Waals surface area contributed by atoms with Gasteiger partial charge in [-0.2, -0.15) is 0 Å². The van der Waals surface area contributed by atoms with Crippen molar-refractivity contribution in [3.05, 3.63) is 92.8 Å². The molecule has 0 spiro atoms. The summed E-state index contributed by atoms with van der Waals surface area (Å²) in [6.07, 6.45) is 1.71. The Morgan fingerprint density at radius 1 is 1.06 bits per heavy atom. The molecule has 0 atom stereocenters. The number of hydrogen-bond acceptors (Lipinski definition) is 8. The van der Waals surface area contributed by atoms with Gasteiger partial charge < -0.3 is 4.74 Å². The number of aryl methyl sites for hydroxylation is 2. The molecule has 0 aliphatic carbocycles. The summed E-state index contributed by atoms with van der Waals surface area (Å²) in [6.45, 7) is 3.05. The van der Waals surface area contributed by atoms with E-state index in [0.717, 1.165) is 33.4 Å². The van der Waals surface area contributed by atoms with Crippen LogP contribution in [0.5, 0.6) is 0 Å². The van der Waals surface area contributed by atoms with Crippen molar-refractivity contribution in [1.29, 1.82) is 0 Å². The number of aromatic nitrogens is 2. The fraction of sp³-hybridized carbons (Fsp3) is 0.200. The first-order valence-electron chi connectivity index (χ1n) is 11.0. The van der Waals surface area contributed by atoms with Crippen LogP contribution < -0.4 is 10.3 Å². The molecule has 0 aliphatic heterocycles. The van der Waals surface area contributed by atoms with E-state index in [9.17, 15) is 22.8 Å². The van der Waals surface area contributed by atoms with Crippen molar-refractivity contribution < 1.29 is 22.7 Å². The van der Waals surface area contributed by atoms with Crippen LogP contribution in [0.1, 0.15) is 26.4 Å². The zero-order chi connectivity index (χ0) is 25.9. The van der Waals surface area contributed by atoms with Gasteiger partial charge in [0.2, 0.25) is 0 Å². The fourth-order valence-corrected chi connectivity index (χ4v) is 5.56. The second-order valence-electron chi connectivity index (χ2n) is 8.13. The molecule has 0 unspecified atom stereocenters. The van der Waals surface area contributed by atoms with Crippen LogP contribution in [-0.2, 0) is 32.5 Å². The first kappa shape index (κ1) is 25.3. The van der Waals surface area contributed by atoms with E-state index in [1.54, 1.807) is 19.1 Å². The molecule has 0 bridgehead atoms. The van der Waals surface area contributed by atoms with E-state index in [-0.39, 0.29) is 21.8 Å². The summed E-state index contributed by atoms with van der Waals surface area (Å²) in [5.74, 6) is -1.45. The second kappa shape index (κ2) is 10.4. The molecule has 0 aliphatic rings. The SMILES string of the molecule is Cc1ccc(S(=O)(=O)NC(=O)Cn2cnc3sc(C(=O)OCCc4ccccc4)c(C)c3c2=O)cc1. The number of rotatable bonds is 8. The maximum Gasteiger partial charge on any atom is 0.348 e. The van der Waals surface area contributed by atoms with Gasteiger partial charge in [0.15, 0.2) is 0 Å². The smallest absolute Gasteiger partial charge is 0.348 e. The van der Waals surface area contributed by atoms with E-state index in [0.29, 0.717) is 16.8 Å². The molecule has 0 saturated carbocycles. The number of nitrogens with zero attached hydrogens (tertiary/aromatic N) is 2. The van der Waals surface area contributed by atoms with Crippen molar-refractivity contribution >= 4 is 43.5 Å². The lowest BCUT2D eigenvalue weighted by Crippen LogP contribution is -2.36. The predicted octanol–water partition coefficient (Wildman–Crippen LogP) is 2.98. The second-order valence-corrected chi connectivity index (χ2v) is 10.8. The monoisotopic (exact) mass is 525 g/mol. The van der Waals surface area contributed by atoms with Gasteiger partial charge in [-0.15, -0.1) is 11.3 Å². The lowest BCUT2D eigenvalue weighted by atomic mass is 10.2. The maximum absolute atomic E-state index is 13.0. The summed E-state index contributed by atoms with van der Waals surface area (Å²) in [5, 5.41) is 0.187. The van der Waals surface area contributed by atoms with Crippen LogP contribution in [0.2, 0.25) is 0 Å². The maximum atomic E-state index is 13.0. The molecule has 4 aromatic rings. The van der Waals surface area contributed by atoms with Crippen molar-refractivity contribution in [1.82, 2.24) is 14.3 Å². The van der Waals surface area contributed by atoms with Crippen LogP contribution in [0.15, 0.2) is 70.6 Å². The van der Waals surface area contributed by atoms with E-state index in [4.69, 9.17) is 4.74 Å². The molecule has 11 heteroatoms. The van der Waals surface area contributed by atoms with Gasteiger partial charge in [-0.05, 0) is 37.1 Å². The highest BCUT2D eigenvalue weighted by Gasteiger charge is 2.22. The molecule has 36 heavy (non-hydrogen) atoms. The first-order chi connectivity index (χ1) is 17.2. The fourth-order valence-electron chi connectivity index (χ4n) is 3.55. The Kier molecular flexibility index (Phi) is 7.32. The van der Waals surface area contributed by atoms with Crippen LogP contribution in [0.3, 0.4) is 0 Å². The molecule has 2 aromatic carbocycles. The normalized spacial score (nSPS) is 11.4. The van der Waals surface area contributed by atoms with Gasteiger partial charge in [0.05, 0.1) is 23.2 Å². The third-order valence-corrected chi connectivity index (χ3v) is 8.03. The van der Waals surface area contributed by atoms with E-state index in [1.165, 1.54) is 12.1 Å². The van der Waals surface area contributed by atoms with Crippen molar-refractivity contribution in [2.24, 2.45) is 0 Å². The Morgan fingerprint density at radius 3 is 2.44 bits per heavy atom. The standard InChI is InChI=1S/C25H23N3O6S2/c1-16-8-10-19(11-9-16)36(32,33)27-20(29)14-28-15-26-23-21(24(28)30)17(2)22(35-23)25(31)34-13-12-18-6-4-3-5-7-18/h3-11,15H,12-14H2,1-2H3,(H,27,29). The predicted molar refractivity (Wildman–Crippen MR) is 136 cm³/mol. The number of esters is 1. The molecule has 186 valence electrons. The van der Waals surface area contributed by atoms with Crippen LogP contribution in [-0.4, -0.2) is 36.5 Å². The first-order valence-corrected chi connectivity index (χ1v) is 13.3. The number of ether oxygens (including phenoxy) is 1. The van der Waals surface area contributed by atoms with Crippen molar-refractivity contribution in [2.75, 3.05) is 6.61 Å². The van der Waals surface area contributed by atoms with E-state index in [2.05, 4.69) is 4.98 Å². The number of amides is 1. The number of carbonyl (C=O) groups is 2. The summed E-state index contributed by atoms with van der Waals surface area (Å²) >= 11 is 1.03. The lowest BCUT2D eigenvalue weighted by Gasteiger charge is -2.09. The van der Waals surface area contributed by atoms with Crippen LogP contribution in [0, 0.1) is 13.8 Å². The number of benzene rings is 2. The molecule has 9 nitrogen and oxygen atoms in total. The minimum Gasteiger partial charge on any atom is -0.461 e. The van der Waals surface area contributed by atoms with Crippen molar-refractivity contribution in [2.45, 2.75) is 31.7 Å². The highest BCUT2D eigenvalue weighted by molar-refractivity contribution is 7.90. The highest BCUT2D eigenvalue weighted by atomic mass is 32.2. The average molecular weight is 526 g/mol. The molecule has 0 radical (unpaired) electrons. The number of fused-ring (bicyclic) bond motifs is 1. The van der Waals surface area contributed by atoms with Crippen LogP contribution >= 0.6 is 11.3 Å². The molecule has 2 aromatic heterocycles. The number of carbonyl (C=O) groups excluding carboxylic acids is 2. The number of thiophene rings is 1. The lowest BCUT2D eigenvalue weighted by molar-refractivity contribution is -0.119. The number of nitrogens with one attached hydrogen (secondary N) is 1. The third-order valence-electron chi connectivity index (χ3n) is 5.46. The molecule has 2 heterocycles. The average Bonchev–Trinajstić information content (AvgIpc) is 3.18. The van der Waals surface area contributed by atoms with Gasteiger partial charge in [-0.3, -0.25) is 14.2 Å². The molecule has 0 fully saturated rings. The zero-order valence-corrected chi connectivity index (χ0v) is 21.2. The molecular weight excluding hydrogens is 502 g/mol. The van der Waals surface area contributed by atoms with Gasteiger partial charge in [-0.25, -0.2) is 22.9 Å². The summed E-state index contributed by atoms with van der Waals surface area (Å²) in [5.41, 5.74) is 1.75. The Balaban J connectivity index is 1.48. The molecule has 4 rings (SSSR count). The molecular formula is C25H23N3O6S2. The molecule has 1 amide bonds. The molecule has 0 saturated heterocycles. The Morgan fingerprint density at radius 2 is 1.75 bits per heavy atom. The van der Waals surface area contributed by atoms with Crippen LogP contribution in [0.4, 0.5) is 0 Å². The summed E-state index contributed by atoms with van der Waals surface area (Å²) in [4.78, 5) is 42.8. The van der Waals surface area contributed by atoms with E-state index in [1.807, 2.05) is 42.0 Å². The van der Waals surface area contributed by atoms with E-state index >= 15 is 0 Å². The molecule has 1 N–H and O–H groups in total. The summed E-state index contributed by atoms with van der Waals surface area (Å²) in [6, 6.07) is 15.6. The van der Waals surface area contributed by atoms with Gasteiger partial charge in [-0.1, -0.05) is 48.0 Å². The van der Waals surface area contributed by atoms with Crippen molar-refractivity contribution in [3.8, 4) is 0 Å². The van der Waals surface area contributed by atoms with Gasteiger partial charge in [0.25, 0.3) is 21.5 Å².